The zero-order valence-corrected chi connectivity index (χ0v) is 14.7. The van der Waals surface area contributed by atoms with Gasteiger partial charge in [-0.2, -0.15) is 5.26 Å². The summed E-state index contributed by atoms with van der Waals surface area (Å²) < 4.78 is 7.73. The van der Waals surface area contributed by atoms with Crippen molar-refractivity contribution >= 4 is 0 Å². The first-order valence-corrected chi connectivity index (χ1v) is 8.55. The van der Waals surface area contributed by atoms with Crippen molar-refractivity contribution in [2.24, 2.45) is 0 Å². The lowest BCUT2D eigenvalue weighted by atomic mass is 10.1. The second kappa shape index (κ2) is 8.10. The summed E-state index contributed by atoms with van der Waals surface area (Å²) >= 11 is 0. The summed E-state index contributed by atoms with van der Waals surface area (Å²) in [5.41, 5.74) is 0.626. The average molecular weight is 340 g/mol. The molecule has 0 amide bonds. The Bertz CT molecular complexity index is 709. The molecule has 7 heteroatoms. The minimum absolute atomic E-state index is 0.325. The van der Waals surface area contributed by atoms with Crippen molar-refractivity contribution in [3.05, 3.63) is 42.2 Å². The molecule has 7 nitrogen and oxygen atoms in total. The zero-order valence-electron chi connectivity index (χ0n) is 14.7. The van der Waals surface area contributed by atoms with Crippen molar-refractivity contribution in [2.45, 2.75) is 18.5 Å². The smallest absolute Gasteiger partial charge is 0.120 e. The zero-order chi connectivity index (χ0) is 17.6. The summed E-state index contributed by atoms with van der Waals surface area (Å²) in [6.45, 7) is 3.61. The molecule has 3 rings (SSSR count). The van der Waals surface area contributed by atoms with E-state index in [-0.39, 0.29) is 0 Å². The SMILES string of the molecule is CN(C)[C@@H]1CN(CCCOc2cccc(C#N)c2)C[C@@H]1n1ccnn1. The fraction of sp³-hybridized carbons (Fsp3) is 0.500. The minimum atomic E-state index is 0.325. The molecule has 0 spiro atoms. The summed E-state index contributed by atoms with van der Waals surface area (Å²) in [5, 5.41) is 17.0. The molecular formula is C18H24N6O. The molecule has 2 atom stereocenters. The Labute approximate surface area is 148 Å². The van der Waals surface area contributed by atoms with Gasteiger partial charge >= 0.3 is 0 Å². The van der Waals surface area contributed by atoms with E-state index in [0.717, 1.165) is 31.8 Å². The lowest BCUT2D eigenvalue weighted by Crippen LogP contribution is -2.36. The molecule has 1 aromatic carbocycles. The number of ether oxygens (including phenoxy) is 1. The lowest BCUT2D eigenvalue weighted by molar-refractivity contribution is 0.232. The van der Waals surface area contributed by atoms with Gasteiger partial charge in [-0.25, -0.2) is 4.68 Å². The molecule has 0 bridgehead atoms. The third-order valence-corrected chi connectivity index (χ3v) is 4.63. The summed E-state index contributed by atoms with van der Waals surface area (Å²) in [6.07, 6.45) is 4.62. The molecule has 1 aromatic heterocycles. The van der Waals surface area contributed by atoms with Gasteiger partial charge in [0, 0.05) is 31.9 Å². The van der Waals surface area contributed by atoms with Crippen LogP contribution in [-0.2, 0) is 0 Å². The third kappa shape index (κ3) is 4.35. The molecule has 1 saturated heterocycles. The number of likely N-dealkylation sites (tertiary alicyclic amines) is 1. The van der Waals surface area contributed by atoms with Gasteiger partial charge in [-0.05, 0) is 38.7 Å². The van der Waals surface area contributed by atoms with Crippen LogP contribution in [0, 0.1) is 11.3 Å². The maximum atomic E-state index is 8.92. The van der Waals surface area contributed by atoms with Gasteiger partial charge in [-0.3, -0.25) is 4.90 Å². The van der Waals surface area contributed by atoms with Crippen molar-refractivity contribution in [1.82, 2.24) is 24.8 Å². The van der Waals surface area contributed by atoms with Gasteiger partial charge in [-0.15, -0.1) is 5.10 Å². The molecule has 1 fully saturated rings. The maximum Gasteiger partial charge on any atom is 0.120 e. The molecule has 0 saturated carbocycles. The van der Waals surface area contributed by atoms with E-state index in [2.05, 4.69) is 40.3 Å². The second-order valence-electron chi connectivity index (χ2n) is 6.58. The normalized spacial score (nSPS) is 20.7. The maximum absolute atomic E-state index is 8.92. The average Bonchev–Trinajstić information content (AvgIpc) is 3.28. The van der Waals surface area contributed by atoms with E-state index in [1.54, 1.807) is 18.3 Å². The number of benzene rings is 1. The van der Waals surface area contributed by atoms with E-state index in [9.17, 15) is 0 Å². The van der Waals surface area contributed by atoms with E-state index in [1.807, 2.05) is 23.0 Å². The van der Waals surface area contributed by atoms with Gasteiger partial charge in [0.2, 0.25) is 0 Å². The molecular weight excluding hydrogens is 316 g/mol. The monoisotopic (exact) mass is 340 g/mol. The lowest BCUT2D eigenvalue weighted by Gasteiger charge is -2.24. The molecule has 25 heavy (non-hydrogen) atoms. The summed E-state index contributed by atoms with van der Waals surface area (Å²) in [7, 11) is 4.23. The fourth-order valence-corrected chi connectivity index (χ4v) is 3.32. The van der Waals surface area contributed by atoms with Crippen LogP contribution in [0.5, 0.6) is 5.75 Å². The molecule has 132 valence electrons. The second-order valence-corrected chi connectivity index (χ2v) is 6.58. The van der Waals surface area contributed by atoms with Gasteiger partial charge in [0.05, 0.1) is 30.5 Å². The number of hydrogen-bond acceptors (Lipinski definition) is 6. The predicted molar refractivity (Wildman–Crippen MR) is 94.2 cm³/mol. The minimum Gasteiger partial charge on any atom is -0.494 e. The van der Waals surface area contributed by atoms with Crippen LogP contribution < -0.4 is 4.74 Å². The highest BCUT2D eigenvalue weighted by molar-refractivity contribution is 5.36. The Hall–Kier alpha value is -2.43. The first-order valence-electron chi connectivity index (χ1n) is 8.55. The highest BCUT2D eigenvalue weighted by Gasteiger charge is 2.35. The van der Waals surface area contributed by atoms with Crippen LogP contribution in [0.15, 0.2) is 36.7 Å². The summed E-state index contributed by atoms with van der Waals surface area (Å²) in [4.78, 5) is 4.71. The first-order chi connectivity index (χ1) is 12.2. The number of nitrogens with zero attached hydrogens (tertiary/aromatic N) is 6. The van der Waals surface area contributed by atoms with Crippen molar-refractivity contribution in [3.8, 4) is 11.8 Å². The van der Waals surface area contributed by atoms with Gasteiger partial charge in [0.25, 0.3) is 0 Å². The van der Waals surface area contributed by atoms with E-state index in [1.165, 1.54) is 0 Å². The number of nitriles is 1. The van der Waals surface area contributed by atoms with Crippen LogP contribution in [0.1, 0.15) is 18.0 Å². The van der Waals surface area contributed by atoms with Gasteiger partial charge in [-0.1, -0.05) is 11.3 Å². The van der Waals surface area contributed by atoms with E-state index in [4.69, 9.17) is 10.00 Å². The van der Waals surface area contributed by atoms with Crippen molar-refractivity contribution < 1.29 is 4.74 Å². The highest BCUT2D eigenvalue weighted by Crippen LogP contribution is 2.24. The predicted octanol–water partition coefficient (Wildman–Crippen LogP) is 1.41. The van der Waals surface area contributed by atoms with Crippen molar-refractivity contribution in [3.63, 3.8) is 0 Å². The Kier molecular flexibility index (Phi) is 5.64. The quantitative estimate of drug-likeness (QED) is 0.710. The Morgan fingerprint density at radius 3 is 2.96 bits per heavy atom. The van der Waals surface area contributed by atoms with E-state index in [0.29, 0.717) is 24.3 Å². The Balaban J connectivity index is 1.48. The summed E-state index contributed by atoms with van der Waals surface area (Å²) in [6, 6.07) is 10.2. The van der Waals surface area contributed by atoms with Crippen LogP contribution >= 0.6 is 0 Å². The standard InChI is InChI=1S/C18H24N6O/c1-22(2)17-13-23(14-18(17)24-9-7-20-21-24)8-4-10-25-16-6-3-5-15(11-16)12-19/h3,5-7,9,11,17-18H,4,8,10,13-14H2,1-2H3/t17-,18+/m1/s1. The molecule has 1 aliphatic rings. The number of rotatable bonds is 7. The van der Waals surface area contributed by atoms with Gasteiger partial charge < -0.3 is 9.64 Å². The molecule has 1 aliphatic heterocycles. The fourth-order valence-electron chi connectivity index (χ4n) is 3.32. The van der Waals surface area contributed by atoms with Crippen molar-refractivity contribution in [2.75, 3.05) is 40.3 Å². The van der Waals surface area contributed by atoms with Crippen LogP contribution in [0.2, 0.25) is 0 Å². The third-order valence-electron chi connectivity index (χ3n) is 4.63. The Morgan fingerprint density at radius 2 is 2.24 bits per heavy atom. The number of likely N-dealkylation sites (N-methyl/N-ethyl adjacent to an activating group) is 1. The van der Waals surface area contributed by atoms with E-state index < -0.39 is 0 Å². The topological polar surface area (TPSA) is 70.2 Å². The van der Waals surface area contributed by atoms with E-state index >= 15 is 0 Å². The highest BCUT2D eigenvalue weighted by atomic mass is 16.5. The van der Waals surface area contributed by atoms with Crippen LogP contribution in [0.3, 0.4) is 0 Å². The first kappa shape index (κ1) is 17.4. The molecule has 0 unspecified atom stereocenters. The summed E-state index contributed by atoms with van der Waals surface area (Å²) in [5.74, 6) is 0.757. The van der Waals surface area contributed by atoms with Gasteiger partial charge in [0.1, 0.15) is 5.75 Å². The van der Waals surface area contributed by atoms with Crippen molar-refractivity contribution in [1.29, 1.82) is 5.26 Å². The van der Waals surface area contributed by atoms with Gasteiger partial charge in [0.15, 0.2) is 0 Å². The number of aromatic nitrogens is 3. The van der Waals surface area contributed by atoms with Crippen LogP contribution in [-0.4, -0.2) is 71.2 Å². The molecule has 0 aliphatic carbocycles. The van der Waals surface area contributed by atoms with Crippen LogP contribution in [0.25, 0.3) is 0 Å². The molecule has 2 aromatic rings. The molecule has 0 N–H and O–H groups in total. The largest absolute Gasteiger partial charge is 0.494 e. The molecule has 0 radical (unpaired) electrons. The number of hydrogen-bond donors (Lipinski definition) is 0. The molecule has 2 heterocycles. The van der Waals surface area contributed by atoms with Crippen LogP contribution in [0.4, 0.5) is 0 Å². The Morgan fingerprint density at radius 1 is 1.36 bits per heavy atom.